The third-order valence-electron chi connectivity index (χ3n) is 4.43. The summed E-state index contributed by atoms with van der Waals surface area (Å²) in [5.41, 5.74) is 2.24. The van der Waals surface area contributed by atoms with Gasteiger partial charge in [0.25, 0.3) is 0 Å². The van der Waals surface area contributed by atoms with Gasteiger partial charge in [0.2, 0.25) is 0 Å². The first kappa shape index (κ1) is 17.7. The number of rotatable bonds is 4. The van der Waals surface area contributed by atoms with Gasteiger partial charge in [0.15, 0.2) is 7.14 Å². The Morgan fingerprint density at radius 1 is 0.692 bits per heavy atom. The second kappa shape index (κ2) is 7.40. The zero-order valence-electron chi connectivity index (χ0n) is 14.4. The molecule has 0 amide bonds. The Hall–Kier alpha value is -3.13. The molecule has 0 fully saturated rings. The summed E-state index contributed by atoms with van der Waals surface area (Å²) in [6, 6.07) is 25.8. The van der Waals surface area contributed by atoms with Gasteiger partial charge in [-0.25, -0.2) is 0 Å². The van der Waals surface area contributed by atoms with Crippen LogP contribution >= 0.6 is 7.14 Å². The summed E-state index contributed by atoms with van der Waals surface area (Å²) in [5, 5.41) is 20.1. The predicted molar refractivity (Wildman–Crippen MR) is 105 cm³/mol. The predicted octanol–water partition coefficient (Wildman–Crippen LogP) is 3.63. The number of benzene rings is 3. The van der Waals surface area contributed by atoms with E-state index in [1.165, 1.54) is 5.56 Å². The van der Waals surface area contributed by atoms with Gasteiger partial charge in [0.05, 0.1) is 23.3 Å². The average molecular weight is 356 g/mol. The van der Waals surface area contributed by atoms with Crippen LogP contribution in [0.15, 0.2) is 72.8 Å². The molecule has 0 saturated heterocycles. The van der Waals surface area contributed by atoms with Gasteiger partial charge in [-0.05, 0) is 60.5 Å². The van der Waals surface area contributed by atoms with Crippen molar-refractivity contribution < 1.29 is 4.57 Å². The van der Waals surface area contributed by atoms with E-state index in [0.29, 0.717) is 21.7 Å². The summed E-state index contributed by atoms with van der Waals surface area (Å²) < 4.78 is 14.3. The second-order valence-electron chi connectivity index (χ2n) is 5.95. The highest BCUT2D eigenvalue weighted by Gasteiger charge is 2.29. The van der Waals surface area contributed by atoms with E-state index in [1.54, 1.807) is 48.5 Å². The summed E-state index contributed by atoms with van der Waals surface area (Å²) in [6.07, 6.45) is 0.915. The molecule has 3 nitrogen and oxygen atoms in total. The first-order chi connectivity index (χ1) is 12.6. The lowest BCUT2D eigenvalue weighted by Crippen LogP contribution is -2.25. The fraction of sp³-hybridized carbons (Fsp3) is 0.0909. The monoisotopic (exact) mass is 356 g/mol. The van der Waals surface area contributed by atoms with E-state index >= 15 is 0 Å². The van der Waals surface area contributed by atoms with Gasteiger partial charge in [-0.2, -0.15) is 10.5 Å². The highest BCUT2D eigenvalue weighted by Crippen LogP contribution is 2.42. The molecule has 0 aliphatic carbocycles. The summed E-state index contributed by atoms with van der Waals surface area (Å²) in [6.45, 7) is 2.08. The van der Waals surface area contributed by atoms with Crippen LogP contribution in [0, 0.1) is 22.7 Å². The SMILES string of the molecule is CCc1ccc(P(=O)(c2ccc(C#N)cc2)c2ccc(C#N)cc2)cc1. The number of hydrogen-bond donors (Lipinski definition) is 0. The van der Waals surface area contributed by atoms with Gasteiger partial charge in [0, 0.05) is 15.9 Å². The molecule has 3 aromatic carbocycles. The average Bonchev–Trinajstić information content (AvgIpc) is 2.73. The summed E-state index contributed by atoms with van der Waals surface area (Å²) >= 11 is 0. The molecule has 0 bridgehead atoms. The van der Waals surface area contributed by atoms with Crippen LogP contribution in [0.1, 0.15) is 23.6 Å². The summed E-state index contributed by atoms with van der Waals surface area (Å²) in [7, 11) is -3.09. The molecule has 0 atom stereocenters. The van der Waals surface area contributed by atoms with E-state index in [1.807, 2.05) is 24.3 Å². The third-order valence-corrected chi connectivity index (χ3v) is 7.50. The maximum atomic E-state index is 14.3. The number of hydrogen-bond acceptors (Lipinski definition) is 3. The Bertz CT molecular complexity index is 976. The molecule has 126 valence electrons. The largest absolute Gasteiger partial charge is 0.309 e. The van der Waals surface area contributed by atoms with E-state index in [0.717, 1.165) is 11.7 Å². The summed E-state index contributed by atoms with van der Waals surface area (Å²) in [5.74, 6) is 0. The van der Waals surface area contributed by atoms with E-state index < -0.39 is 7.14 Å². The molecule has 0 unspecified atom stereocenters. The minimum atomic E-state index is -3.09. The quantitative estimate of drug-likeness (QED) is 0.671. The van der Waals surface area contributed by atoms with Crippen molar-refractivity contribution in [1.82, 2.24) is 0 Å². The zero-order valence-corrected chi connectivity index (χ0v) is 15.3. The minimum Gasteiger partial charge on any atom is -0.309 e. The van der Waals surface area contributed by atoms with Crippen molar-refractivity contribution in [2.75, 3.05) is 0 Å². The van der Waals surface area contributed by atoms with Crippen molar-refractivity contribution in [3.05, 3.63) is 89.5 Å². The van der Waals surface area contributed by atoms with Crippen LogP contribution < -0.4 is 15.9 Å². The smallest absolute Gasteiger partial charge is 0.171 e. The summed E-state index contributed by atoms with van der Waals surface area (Å²) in [4.78, 5) is 0. The van der Waals surface area contributed by atoms with E-state index in [4.69, 9.17) is 10.5 Å². The maximum absolute atomic E-state index is 14.3. The molecule has 0 saturated carbocycles. The molecule has 0 N–H and O–H groups in total. The Balaban J connectivity index is 2.20. The van der Waals surface area contributed by atoms with Crippen molar-refractivity contribution >= 4 is 23.1 Å². The normalized spacial score (nSPS) is 10.7. The molecule has 0 heterocycles. The Morgan fingerprint density at radius 3 is 1.35 bits per heavy atom. The minimum absolute atomic E-state index is 0.529. The van der Waals surface area contributed by atoms with Gasteiger partial charge >= 0.3 is 0 Å². The van der Waals surface area contributed by atoms with Crippen molar-refractivity contribution in [2.24, 2.45) is 0 Å². The fourth-order valence-electron chi connectivity index (χ4n) is 2.88. The van der Waals surface area contributed by atoms with Gasteiger partial charge in [-0.1, -0.05) is 31.2 Å². The molecule has 3 rings (SSSR count). The van der Waals surface area contributed by atoms with E-state index in [-0.39, 0.29) is 0 Å². The zero-order chi connectivity index (χ0) is 18.6. The Labute approximate surface area is 153 Å². The van der Waals surface area contributed by atoms with Crippen LogP contribution in [0.25, 0.3) is 0 Å². The standard InChI is InChI=1S/C22H17N2OP/c1-2-17-3-9-20(10-4-17)26(25,21-11-5-18(15-23)6-12-21)22-13-7-19(16-24)8-14-22/h3-14H,2H2,1H3. The molecule has 0 spiro atoms. The van der Waals surface area contributed by atoms with Crippen LogP contribution in [-0.4, -0.2) is 0 Å². The van der Waals surface area contributed by atoms with Crippen LogP contribution in [0.4, 0.5) is 0 Å². The van der Waals surface area contributed by atoms with Crippen LogP contribution in [0.2, 0.25) is 0 Å². The highest BCUT2D eigenvalue weighted by atomic mass is 31.2. The van der Waals surface area contributed by atoms with Gasteiger partial charge in [0.1, 0.15) is 0 Å². The van der Waals surface area contributed by atoms with Gasteiger partial charge < -0.3 is 4.57 Å². The maximum Gasteiger partial charge on any atom is 0.171 e. The van der Waals surface area contributed by atoms with Crippen molar-refractivity contribution in [3.63, 3.8) is 0 Å². The van der Waals surface area contributed by atoms with Crippen molar-refractivity contribution in [1.29, 1.82) is 10.5 Å². The highest BCUT2D eigenvalue weighted by molar-refractivity contribution is 7.85. The first-order valence-corrected chi connectivity index (χ1v) is 10.0. The molecular formula is C22H17N2OP. The number of nitriles is 2. The molecule has 0 aliphatic rings. The Morgan fingerprint density at radius 2 is 1.04 bits per heavy atom. The third kappa shape index (κ3) is 3.18. The topological polar surface area (TPSA) is 64.7 Å². The van der Waals surface area contributed by atoms with Crippen LogP contribution in [0.5, 0.6) is 0 Å². The Kier molecular flexibility index (Phi) is 5.04. The van der Waals surface area contributed by atoms with E-state index in [9.17, 15) is 4.57 Å². The van der Waals surface area contributed by atoms with Crippen LogP contribution in [0.3, 0.4) is 0 Å². The molecule has 4 heteroatoms. The van der Waals surface area contributed by atoms with Crippen molar-refractivity contribution in [3.8, 4) is 12.1 Å². The molecule has 0 aliphatic heterocycles. The second-order valence-corrected chi connectivity index (χ2v) is 8.71. The first-order valence-electron chi connectivity index (χ1n) is 8.33. The molecule has 3 aromatic rings. The fourth-order valence-corrected chi connectivity index (χ4v) is 5.48. The van der Waals surface area contributed by atoms with E-state index in [2.05, 4.69) is 19.1 Å². The van der Waals surface area contributed by atoms with Gasteiger partial charge in [-0.3, -0.25) is 0 Å². The lowest BCUT2D eigenvalue weighted by Gasteiger charge is -2.20. The molecular weight excluding hydrogens is 339 g/mol. The number of aryl methyl sites for hydroxylation is 1. The number of nitrogens with zero attached hydrogens (tertiary/aromatic N) is 2. The molecule has 0 aromatic heterocycles. The lowest BCUT2D eigenvalue weighted by molar-refractivity contribution is 0.592. The van der Waals surface area contributed by atoms with Gasteiger partial charge in [-0.15, -0.1) is 0 Å². The molecule has 0 radical (unpaired) electrons. The lowest BCUT2D eigenvalue weighted by atomic mass is 10.2. The van der Waals surface area contributed by atoms with Crippen molar-refractivity contribution in [2.45, 2.75) is 13.3 Å². The molecule has 26 heavy (non-hydrogen) atoms. The van der Waals surface area contributed by atoms with Crippen LogP contribution in [-0.2, 0) is 11.0 Å².